The van der Waals surface area contributed by atoms with E-state index in [2.05, 4.69) is 18.6 Å². The van der Waals surface area contributed by atoms with Crippen molar-refractivity contribution in [2.24, 2.45) is 5.92 Å². The number of hydrogen-bond donors (Lipinski definition) is 0. The van der Waals surface area contributed by atoms with Gasteiger partial charge in [-0.1, -0.05) is 33.3 Å². The van der Waals surface area contributed by atoms with Gasteiger partial charge >= 0.3 is 5.97 Å². The summed E-state index contributed by atoms with van der Waals surface area (Å²) in [5.74, 6) is 2.63. The van der Waals surface area contributed by atoms with Crippen molar-refractivity contribution in [1.29, 1.82) is 0 Å². The van der Waals surface area contributed by atoms with Gasteiger partial charge in [-0.3, -0.25) is 0 Å². The van der Waals surface area contributed by atoms with Crippen LogP contribution in [0.1, 0.15) is 33.6 Å². The average Bonchev–Trinajstić information content (AvgIpc) is 2.27. The minimum atomic E-state index is -0.193. The summed E-state index contributed by atoms with van der Waals surface area (Å²) in [4.78, 5) is 11.2. The number of carbonyl (C=O) groups is 1. The second-order valence-corrected chi connectivity index (χ2v) is 4.70. The Morgan fingerprint density at radius 3 is 2.60 bits per heavy atom. The van der Waals surface area contributed by atoms with E-state index in [4.69, 9.17) is 0 Å². The Labute approximate surface area is 97.5 Å². The van der Waals surface area contributed by atoms with Crippen LogP contribution in [0.3, 0.4) is 0 Å². The second kappa shape index (κ2) is 8.84. The molecule has 3 heteroatoms. The maximum Gasteiger partial charge on any atom is 0.333 e. The van der Waals surface area contributed by atoms with E-state index >= 15 is 0 Å². The van der Waals surface area contributed by atoms with Crippen molar-refractivity contribution >= 4 is 17.7 Å². The van der Waals surface area contributed by atoms with E-state index < -0.39 is 0 Å². The third-order valence-corrected chi connectivity index (χ3v) is 3.58. The molecule has 0 bridgehead atoms. The molecule has 0 aromatic heterocycles. The second-order valence-electron chi connectivity index (χ2n) is 3.63. The molecule has 0 rings (SSSR count). The van der Waals surface area contributed by atoms with Crippen molar-refractivity contribution in [3.63, 3.8) is 0 Å². The minimum Gasteiger partial charge on any atom is -0.466 e. The van der Waals surface area contributed by atoms with Gasteiger partial charge in [0.1, 0.15) is 0 Å². The van der Waals surface area contributed by atoms with Crippen molar-refractivity contribution < 1.29 is 9.53 Å². The van der Waals surface area contributed by atoms with E-state index in [1.807, 2.05) is 24.8 Å². The number of rotatable bonds is 7. The predicted octanol–water partition coefficient (Wildman–Crippen LogP) is 3.28. The first-order chi connectivity index (χ1) is 7.15. The van der Waals surface area contributed by atoms with Gasteiger partial charge in [-0.05, 0) is 18.1 Å². The third-order valence-electron chi connectivity index (χ3n) is 2.38. The van der Waals surface area contributed by atoms with Crippen LogP contribution < -0.4 is 0 Å². The summed E-state index contributed by atoms with van der Waals surface area (Å²) in [6.07, 6.45) is 3.95. The lowest BCUT2D eigenvalue weighted by atomic mass is 10.2. The van der Waals surface area contributed by atoms with Crippen LogP contribution in [0.25, 0.3) is 0 Å². The smallest absolute Gasteiger partial charge is 0.333 e. The Hall–Kier alpha value is -0.440. The Morgan fingerprint density at radius 1 is 1.47 bits per heavy atom. The summed E-state index contributed by atoms with van der Waals surface area (Å²) >= 11 is 1.87. The van der Waals surface area contributed by atoms with E-state index in [9.17, 15) is 4.79 Å². The summed E-state index contributed by atoms with van der Waals surface area (Å²) in [5, 5.41) is 0. The van der Waals surface area contributed by atoms with Crippen molar-refractivity contribution in [3.05, 3.63) is 11.6 Å². The maximum absolute atomic E-state index is 11.2. The fraction of sp³-hybridized carbons (Fsp3) is 0.750. The highest BCUT2D eigenvalue weighted by Gasteiger charge is 2.06. The highest BCUT2D eigenvalue weighted by atomic mass is 32.2. The standard InChI is InChI=1S/C12H22O2S/c1-5-10(3)9-15-8-7-11(6-2)12(13)14-4/h7,10H,5-6,8-9H2,1-4H3/b11-7-. The molecule has 88 valence electrons. The van der Waals surface area contributed by atoms with Crippen LogP contribution in [0.2, 0.25) is 0 Å². The topological polar surface area (TPSA) is 26.3 Å². The first kappa shape index (κ1) is 14.6. The zero-order chi connectivity index (χ0) is 11.7. The molecule has 0 aliphatic heterocycles. The molecule has 0 N–H and O–H groups in total. The highest BCUT2D eigenvalue weighted by Crippen LogP contribution is 2.13. The molecule has 0 amide bonds. The Morgan fingerprint density at radius 2 is 2.13 bits per heavy atom. The SMILES string of the molecule is CC/C(=C/CSCC(C)CC)C(=O)OC. The van der Waals surface area contributed by atoms with Gasteiger partial charge in [0.2, 0.25) is 0 Å². The number of ether oxygens (including phenoxy) is 1. The van der Waals surface area contributed by atoms with Crippen LogP contribution in [-0.2, 0) is 9.53 Å². The lowest BCUT2D eigenvalue weighted by Gasteiger charge is -2.06. The summed E-state index contributed by atoms with van der Waals surface area (Å²) in [7, 11) is 1.43. The molecule has 2 nitrogen and oxygen atoms in total. The molecule has 15 heavy (non-hydrogen) atoms. The molecular weight excluding hydrogens is 208 g/mol. The molecule has 0 heterocycles. The quantitative estimate of drug-likeness (QED) is 0.381. The fourth-order valence-electron chi connectivity index (χ4n) is 1.05. The number of hydrogen-bond acceptors (Lipinski definition) is 3. The summed E-state index contributed by atoms with van der Waals surface area (Å²) in [5.41, 5.74) is 0.786. The number of carbonyl (C=O) groups excluding carboxylic acids is 1. The number of methoxy groups -OCH3 is 1. The van der Waals surface area contributed by atoms with Gasteiger partial charge in [-0.15, -0.1) is 0 Å². The van der Waals surface area contributed by atoms with Gasteiger partial charge in [0.25, 0.3) is 0 Å². The molecule has 1 atom stereocenters. The zero-order valence-corrected chi connectivity index (χ0v) is 11.0. The highest BCUT2D eigenvalue weighted by molar-refractivity contribution is 7.99. The van der Waals surface area contributed by atoms with E-state index in [1.165, 1.54) is 13.5 Å². The summed E-state index contributed by atoms with van der Waals surface area (Å²) in [6.45, 7) is 6.42. The summed E-state index contributed by atoms with van der Waals surface area (Å²) < 4.78 is 4.69. The first-order valence-corrected chi connectivity index (χ1v) is 6.66. The van der Waals surface area contributed by atoms with Crippen molar-refractivity contribution in [3.8, 4) is 0 Å². The lowest BCUT2D eigenvalue weighted by Crippen LogP contribution is -2.04. The predicted molar refractivity (Wildman–Crippen MR) is 67.2 cm³/mol. The Bertz CT molecular complexity index is 212. The molecule has 0 aromatic carbocycles. The van der Waals surface area contributed by atoms with Crippen LogP contribution in [0.4, 0.5) is 0 Å². The van der Waals surface area contributed by atoms with Crippen molar-refractivity contribution in [1.82, 2.24) is 0 Å². The van der Waals surface area contributed by atoms with Gasteiger partial charge in [-0.2, -0.15) is 11.8 Å². The molecule has 0 saturated carbocycles. The van der Waals surface area contributed by atoms with Crippen molar-refractivity contribution in [2.45, 2.75) is 33.6 Å². The molecule has 0 radical (unpaired) electrons. The number of esters is 1. The molecule has 0 spiro atoms. The van der Waals surface area contributed by atoms with Gasteiger partial charge in [0, 0.05) is 11.3 Å². The van der Waals surface area contributed by atoms with E-state index in [-0.39, 0.29) is 5.97 Å². The van der Waals surface area contributed by atoms with Gasteiger partial charge in [0.05, 0.1) is 7.11 Å². The Kier molecular flexibility index (Phi) is 8.58. The van der Waals surface area contributed by atoms with E-state index in [0.717, 1.165) is 29.4 Å². The molecule has 0 aliphatic carbocycles. The largest absolute Gasteiger partial charge is 0.466 e. The molecule has 0 aromatic rings. The van der Waals surface area contributed by atoms with E-state index in [1.54, 1.807) is 0 Å². The molecule has 0 saturated heterocycles. The first-order valence-electron chi connectivity index (χ1n) is 5.50. The molecule has 1 unspecified atom stereocenters. The maximum atomic E-state index is 11.2. The van der Waals surface area contributed by atoms with Crippen LogP contribution in [0.5, 0.6) is 0 Å². The minimum absolute atomic E-state index is 0.193. The fourth-order valence-corrected chi connectivity index (χ4v) is 2.14. The van der Waals surface area contributed by atoms with Crippen molar-refractivity contribution in [2.75, 3.05) is 18.6 Å². The van der Waals surface area contributed by atoms with Gasteiger partial charge in [0.15, 0.2) is 0 Å². The normalized spacial score (nSPS) is 13.7. The van der Waals surface area contributed by atoms with E-state index in [0.29, 0.717) is 0 Å². The van der Waals surface area contributed by atoms with Crippen LogP contribution in [0.15, 0.2) is 11.6 Å². The molecule has 0 aliphatic rings. The molecule has 0 fully saturated rings. The average molecular weight is 230 g/mol. The monoisotopic (exact) mass is 230 g/mol. The summed E-state index contributed by atoms with van der Waals surface area (Å²) in [6, 6.07) is 0. The Balaban J connectivity index is 3.86. The third kappa shape index (κ3) is 6.61. The number of thioether (sulfide) groups is 1. The zero-order valence-electron chi connectivity index (χ0n) is 10.2. The van der Waals surface area contributed by atoms with Crippen LogP contribution in [-0.4, -0.2) is 24.6 Å². The van der Waals surface area contributed by atoms with Gasteiger partial charge < -0.3 is 4.74 Å². The van der Waals surface area contributed by atoms with Gasteiger partial charge in [-0.25, -0.2) is 4.79 Å². The van der Waals surface area contributed by atoms with Crippen LogP contribution >= 0.6 is 11.8 Å². The lowest BCUT2D eigenvalue weighted by molar-refractivity contribution is -0.136. The molecular formula is C12H22O2S. The van der Waals surface area contributed by atoms with Crippen LogP contribution in [0, 0.1) is 5.92 Å².